The molecule has 6 heteroatoms. The number of benzene rings is 3. The number of para-hydroxylation sites is 1. The van der Waals surface area contributed by atoms with Crippen molar-refractivity contribution in [2.75, 3.05) is 6.61 Å². The topological polar surface area (TPSA) is 81.3 Å². The lowest BCUT2D eigenvalue weighted by Crippen LogP contribution is -2.41. The standard InChI is InChI=1S/C26H24N2O4/c1-18(20-7-3-2-4-8-20)15-28-25(31)22-9-5-6-10-23(22)27(26(28)32)16-19-11-13-21(14-12-19)24(30)17-29/h2-14,18,29H,15-17H2,1H3. The summed E-state index contributed by atoms with van der Waals surface area (Å²) < 4.78 is 2.90. The van der Waals surface area contributed by atoms with E-state index in [0.717, 1.165) is 11.1 Å². The molecule has 0 aliphatic heterocycles. The molecule has 0 amide bonds. The normalized spacial score (nSPS) is 12.1. The number of ketones is 1. The molecular weight excluding hydrogens is 404 g/mol. The quantitative estimate of drug-likeness (QED) is 0.459. The molecule has 162 valence electrons. The molecule has 1 heterocycles. The third-order valence-corrected chi connectivity index (χ3v) is 5.72. The van der Waals surface area contributed by atoms with Crippen LogP contribution in [-0.2, 0) is 13.1 Å². The molecule has 0 aliphatic rings. The van der Waals surface area contributed by atoms with E-state index in [1.165, 1.54) is 4.57 Å². The van der Waals surface area contributed by atoms with Gasteiger partial charge < -0.3 is 5.11 Å². The van der Waals surface area contributed by atoms with Gasteiger partial charge in [0.15, 0.2) is 5.78 Å². The first-order valence-corrected chi connectivity index (χ1v) is 10.5. The Morgan fingerprint density at radius 2 is 1.53 bits per heavy atom. The number of aliphatic hydroxyl groups excluding tert-OH is 1. The van der Waals surface area contributed by atoms with Gasteiger partial charge in [0.05, 0.1) is 17.4 Å². The molecule has 0 radical (unpaired) electrons. The zero-order valence-corrected chi connectivity index (χ0v) is 17.8. The van der Waals surface area contributed by atoms with Crippen molar-refractivity contribution in [2.24, 2.45) is 0 Å². The van der Waals surface area contributed by atoms with E-state index >= 15 is 0 Å². The lowest BCUT2D eigenvalue weighted by Gasteiger charge is -2.17. The molecule has 0 saturated carbocycles. The fraction of sp³-hybridized carbons (Fsp3) is 0.192. The number of fused-ring (bicyclic) bond motifs is 1. The maximum absolute atomic E-state index is 13.4. The summed E-state index contributed by atoms with van der Waals surface area (Å²) in [6.07, 6.45) is 0. The average molecular weight is 428 g/mol. The molecule has 0 bridgehead atoms. The molecule has 0 aliphatic carbocycles. The average Bonchev–Trinajstić information content (AvgIpc) is 2.84. The highest BCUT2D eigenvalue weighted by atomic mass is 16.3. The summed E-state index contributed by atoms with van der Waals surface area (Å²) in [6, 6.07) is 23.7. The van der Waals surface area contributed by atoms with Gasteiger partial charge >= 0.3 is 5.69 Å². The van der Waals surface area contributed by atoms with Crippen molar-refractivity contribution in [3.05, 3.63) is 116 Å². The molecular formula is C26H24N2O4. The summed E-state index contributed by atoms with van der Waals surface area (Å²) in [6.45, 7) is 1.98. The molecule has 0 saturated heterocycles. The third-order valence-electron chi connectivity index (χ3n) is 5.72. The molecule has 3 aromatic carbocycles. The third kappa shape index (κ3) is 4.18. The molecule has 4 aromatic rings. The first-order valence-electron chi connectivity index (χ1n) is 10.5. The number of aromatic nitrogens is 2. The summed E-state index contributed by atoms with van der Waals surface area (Å²) in [5.74, 6) is -0.373. The SMILES string of the molecule is CC(Cn1c(=O)c2ccccc2n(Cc2ccc(C(=O)CO)cc2)c1=O)c1ccccc1. The molecule has 1 N–H and O–H groups in total. The van der Waals surface area contributed by atoms with Crippen molar-refractivity contribution >= 4 is 16.7 Å². The summed E-state index contributed by atoms with van der Waals surface area (Å²) >= 11 is 0. The second-order valence-corrected chi connectivity index (χ2v) is 7.89. The van der Waals surface area contributed by atoms with Crippen molar-refractivity contribution in [3.63, 3.8) is 0 Å². The highest BCUT2D eigenvalue weighted by molar-refractivity contribution is 5.96. The van der Waals surface area contributed by atoms with Gasteiger partial charge in [-0.15, -0.1) is 0 Å². The van der Waals surface area contributed by atoms with E-state index in [9.17, 15) is 14.4 Å². The molecule has 1 atom stereocenters. The van der Waals surface area contributed by atoms with Gasteiger partial charge in [-0.05, 0) is 29.2 Å². The van der Waals surface area contributed by atoms with E-state index in [-0.39, 0.29) is 36.0 Å². The molecule has 0 fully saturated rings. The molecule has 6 nitrogen and oxygen atoms in total. The summed E-state index contributed by atoms with van der Waals surface area (Å²) in [7, 11) is 0. The molecule has 1 aromatic heterocycles. The Hall–Kier alpha value is -3.77. The van der Waals surface area contributed by atoms with Crippen molar-refractivity contribution in [2.45, 2.75) is 25.9 Å². The number of nitrogens with zero attached hydrogens (tertiary/aromatic N) is 2. The molecule has 0 spiro atoms. The van der Waals surface area contributed by atoms with Crippen molar-refractivity contribution in [3.8, 4) is 0 Å². The van der Waals surface area contributed by atoms with Gasteiger partial charge in [0.2, 0.25) is 0 Å². The van der Waals surface area contributed by atoms with Gasteiger partial charge in [0.1, 0.15) is 6.61 Å². The van der Waals surface area contributed by atoms with E-state index < -0.39 is 6.61 Å². The van der Waals surface area contributed by atoms with E-state index in [1.807, 2.05) is 37.3 Å². The maximum atomic E-state index is 13.4. The number of aliphatic hydroxyl groups is 1. The molecule has 32 heavy (non-hydrogen) atoms. The van der Waals surface area contributed by atoms with Crippen LogP contribution in [-0.4, -0.2) is 26.6 Å². The first kappa shape index (κ1) is 21.5. The number of carbonyl (C=O) groups excluding carboxylic acids is 1. The minimum atomic E-state index is -0.548. The monoisotopic (exact) mass is 428 g/mol. The van der Waals surface area contributed by atoms with Crippen LogP contribution in [0.2, 0.25) is 0 Å². The Balaban J connectivity index is 1.77. The van der Waals surface area contributed by atoms with Crippen LogP contribution >= 0.6 is 0 Å². The fourth-order valence-corrected chi connectivity index (χ4v) is 3.92. The number of hydrogen-bond acceptors (Lipinski definition) is 4. The van der Waals surface area contributed by atoms with Crippen molar-refractivity contribution in [1.29, 1.82) is 0 Å². The van der Waals surface area contributed by atoms with Crippen molar-refractivity contribution in [1.82, 2.24) is 9.13 Å². The summed E-state index contributed by atoms with van der Waals surface area (Å²) in [4.78, 5) is 38.3. The van der Waals surface area contributed by atoms with E-state index in [2.05, 4.69) is 0 Å². The highest BCUT2D eigenvalue weighted by Gasteiger charge is 2.16. The Kier molecular flexibility index (Phi) is 6.14. The largest absolute Gasteiger partial charge is 0.388 e. The van der Waals surface area contributed by atoms with Crippen LogP contribution in [0.5, 0.6) is 0 Å². The van der Waals surface area contributed by atoms with Crippen molar-refractivity contribution < 1.29 is 9.90 Å². The number of rotatable bonds is 7. The van der Waals surface area contributed by atoms with E-state index in [0.29, 0.717) is 16.5 Å². The Morgan fingerprint density at radius 1 is 0.875 bits per heavy atom. The van der Waals surface area contributed by atoms with Gasteiger partial charge in [-0.1, -0.05) is 73.7 Å². The number of carbonyl (C=O) groups is 1. The van der Waals surface area contributed by atoms with Crippen LogP contribution < -0.4 is 11.2 Å². The smallest absolute Gasteiger partial charge is 0.331 e. The van der Waals surface area contributed by atoms with Crippen LogP contribution in [0.15, 0.2) is 88.5 Å². The molecule has 1 unspecified atom stereocenters. The fourth-order valence-electron chi connectivity index (χ4n) is 3.92. The lowest BCUT2D eigenvalue weighted by molar-refractivity contribution is 0.0903. The number of hydrogen-bond donors (Lipinski definition) is 1. The summed E-state index contributed by atoms with van der Waals surface area (Å²) in [5, 5.41) is 9.52. The van der Waals surface area contributed by atoms with Crippen LogP contribution in [0.25, 0.3) is 10.9 Å². The lowest BCUT2D eigenvalue weighted by atomic mass is 10.0. The van der Waals surface area contributed by atoms with E-state index in [4.69, 9.17) is 5.11 Å². The van der Waals surface area contributed by atoms with Crippen LogP contribution in [0.4, 0.5) is 0 Å². The van der Waals surface area contributed by atoms with Gasteiger partial charge in [-0.25, -0.2) is 4.79 Å². The van der Waals surface area contributed by atoms with Gasteiger partial charge in [-0.3, -0.25) is 18.7 Å². The molecule has 4 rings (SSSR count). The van der Waals surface area contributed by atoms with Crippen LogP contribution in [0, 0.1) is 0 Å². The van der Waals surface area contributed by atoms with Crippen LogP contribution in [0.1, 0.15) is 34.3 Å². The predicted octanol–water partition coefficient (Wildman–Crippen LogP) is 3.19. The minimum absolute atomic E-state index is 0.0139. The summed E-state index contributed by atoms with van der Waals surface area (Å²) in [5.41, 5.74) is 2.19. The Labute approximate surface area is 185 Å². The Bertz CT molecular complexity index is 1370. The van der Waals surface area contributed by atoms with Crippen LogP contribution in [0.3, 0.4) is 0 Å². The zero-order valence-electron chi connectivity index (χ0n) is 17.8. The van der Waals surface area contributed by atoms with Gasteiger partial charge in [0, 0.05) is 12.1 Å². The van der Waals surface area contributed by atoms with Gasteiger partial charge in [-0.2, -0.15) is 0 Å². The highest BCUT2D eigenvalue weighted by Crippen LogP contribution is 2.17. The number of Topliss-reactive ketones (excluding diaryl/α,β-unsaturated/α-hetero) is 1. The second kappa shape index (κ2) is 9.16. The minimum Gasteiger partial charge on any atom is -0.388 e. The predicted molar refractivity (Wildman–Crippen MR) is 124 cm³/mol. The first-order chi connectivity index (χ1) is 15.5. The second-order valence-electron chi connectivity index (χ2n) is 7.89. The van der Waals surface area contributed by atoms with Gasteiger partial charge in [0.25, 0.3) is 5.56 Å². The maximum Gasteiger partial charge on any atom is 0.331 e. The zero-order chi connectivity index (χ0) is 22.7. The Morgan fingerprint density at radius 3 is 2.22 bits per heavy atom. The van der Waals surface area contributed by atoms with E-state index in [1.54, 1.807) is 53.1 Å².